The van der Waals surface area contributed by atoms with Crippen molar-refractivity contribution in [2.45, 2.75) is 78.2 Å². The number of nitrogens with zero attached hydrogens (tertiary/aromatic N) is 1. The Bertz CT molecular complexity index is 4590. The van der Waals surface area contributed by atoms with Crippen molar-refractivity contribution >= 4 is 60.9 Å². The van der Waals surface area contributed by atoms with Gasteiger partial charge in [0.15, 0.2) is 0 Å². The third-order valence-corrected chi connectivity index (χ3v) is 18.2. The van der Waals surface area contributed by atoms with Crippen LogP contribution in [0, 0.1) is 13.8 Å². The van der Waals surface area contributed by atoms with Crippen molar-refractivity contribution in [1.29, 1.82) is 0 Å². The van der Waals surface area contributed by atoms with E-state index in [9.17, 15) is 0 Å². The fourth-order valence-electron chi connectivity index (χ4n) is 14.7. The van der Waals surface area contributed by atoms with Crippen LogP contribution in [-0.4, -0.2) is 0 Å². The average Bonchev–Trinajstić information content (AvgIpc) is 4.38. The highest BCUT2D eigenvalue weighted by Gasteiger charge is 2.49. The lowest BCUT2D eigenvalue weighted by molar-refractivity contribution is 0.302. The molecule has 12 aromatic rings. The Morgan fingerprint density at radius 1 is 0.421 bits per heavy atom. The summed E-state index contributed by atoms with van der Waals surface area (Å²) in [5, 5.41) is 4.70. The van der Waals surface area contributed by atoms with Gasteiger partial charge in [-0.3, -0.25) is 0 Å². The van der Waals surface area contributed by atoms with Gasteiger partial charge in [-0.2, -0.15) is 0 Å². The van der Waals surface area contributed by atoms with Gasteiger partial charge in [0.2, 0.25) is 0 Å². The second-order valence-corrected chi connectivity index (χ2v) is 23.6. The predicted octanol–water partition coefficient (Wildman–Crippen LogP) is 19.7. The first-order valence-electron chi connectivity index (χ1n) is 26.9. The quantitative estimate of drug-likeness (QED) is 0.176. The van der Waals surface area contributed by atoms with Crippen LogP contribution in [0.25, 0.3) is 99.5 Å². The topological polar surface area (TPSA) is 38.8 Å². The molecule has 0 saturated carbocycles. The van der Waals surface area contributed by atoms with Crippen molar-refractivity contribution < 1.29 is 13.6 Å². The lowest BCUT2D eigenvalue weighted by atomic mass is 9.72. The van der Waals surface area contributed by atoms with E-state index >= 15 is 0 Å². The summed E-state index contributed by atoms with van der Waals surface area (Å²) in [6.45, 7) is 19.6. The Labute approximate surface area is 442 Å². The number of para-hydroxylation sites is 3. The van der Waals surface area contributed by atoms with E-state index in [1.807, 2.05) is 6.07 Å². The molecule has 0 amide bonds. The first-order valence-corrected chi connectivity index (χ1v) is 26.9. The lowest BCUT2D eigenvalue weighted by Gasteiger charge is -2.32. The lowest BCUT2D eigenvalue weighted by Crippen LogP contribution is -2.24. The number of fused-ring (bicyclic) bond motifs is 22. The third kappa shape index (κ3) is 5.58. The summed E-state index contributed by atoms with van der Waals surface area (Å²) in [4.78, 5) is 2.52. The van der Waals surface area contributed by atoms with Crippen LogP contribution >= 0.6 is 0 Å². The Hall–Kier alpha value is -8.60. The zero-order valence-corrected chi connectivity index (χ0v) is 44.1. The highest BCUT2D eigenvalue weighted by Crippen LogP contribution is 2.64. The van der Waals surface area contributed by atoms with Gasteiger partial charge in [0, 0.05) is 71.5 Å². The molecule has 0 radical (unpaired) electrons. The molecule has 0 atom stereocenters. The van der Waals surface area contributed by atoms with Crippen LogP contribution in [0.3, 0.4) is 0 Å². The van der Waals surface area contributed by atoms with Gasteiger partial charge < -0.3 is 18.5 Å². The first-order chi connectivity index (χ1) is 36.8. The van der Waals surface area contributed by atoms with Gasteiger partial charge in [0.25, 0.3) is 0 Å². The molecule has 0 unspecified atom stereocenters. The molecule has 76 heavy (non-hydrogen) atoms. The summed E-state index contributed by atoms with van der Waals surface area (Å²) in [7, 11) is 0. The number of furan rings is 2. The molecular weight excluding hydrogens is 927 g/mol. The van der Waals surface area contributed by atoms with Crippen LogP contribution in [0.2, 0.25) is 0 Å². The Balaban J connectivity index is 0.896. The van der Waals surface area contributed by atoms with Gasteiger partial charge in [0.05, 0.1) is 0 Å². The molecule has 4 heteroatoms. The molecule has 4 aliphatic rings. The summed E-state index contributed by atoms with van der Waals surface area (Å²) in [5.41, 5.74) is 30.2. The highest BCUT2D eigenvalue weighted by atomic mass is 16.5. The maximum absolute atomic E-state index is 7.01. The van der Waals surface area contributed by atoms with E-state index in [0.29, 0.717) is 6.61 Å². The molecular formula is C72H55NO3. The minimum absolute atomic E-state index is 0.234. The number of anilines is 3. The van der Waals surface area contributed by atoms with Crippen LogP contribution in [0.5, 0.6) is 5.75 Å². The van der Waals surface area contributed by atoms with Gasteiger partial charge in [0.1, 0.15) is 34.7 Å². The molecule has 2 aromatic heterocycles. The summed E-state index contributed by atoms with van der Waals surface area (Å²) in [6, 6.07) is 65.3. The number of benzene rings is 10. The minimum Gasteiger partial charge on any atom is -0.488 e. The second-order valence-electron chi connectivity index (χ2n) is 23.6. The summed E-state index contributed by atoms with van der Waals surface area (Å²) < 4.78 is 20.2. The third-order valence-electron chi connectivity index (χ3n) is 18.2. The van der Waals surface area contributed by atoms with Crippen LogP contribution in [0.15, 0.2) is 185 Å². The fourth-order valence-corrected chi connectivity index (χ4v) is 14.7. The highest BCUT2D eigenvalue weighted by molar-refractivity contribution is 6.21. The SMILES string of the molecule is Cc1ccc(N(c2ccc3c(c2)C(C)(C)c2cc(-c4ccc5c(c4)-c4ccccc4OC5)c4oc5ccccc5c4c2-3)c2ccc3c(c2)C(C)(C)c2c4c(c5oc6ccccc6c5c2-3)-c2ccccc2C4(C)C)c(C)c1. The van der Waals surface area contributed by atoms with Gasteiger partial charge in [-0.1, -0.05) is 162 Å². The Kier molecular flexibility index (Phi) is 8.54. The van der Waals surface area contributed by atoms with Crippen molar-refractivity contribution in [2.75, 3.05) is 4.90 Å². The maximum atomic E-state index is 7.01. The van der Waals surface area contributed by atoms with E-state index in [0.717, 1.165) is 67.2 Å². The predicted molar refractivity (Wildman–Crippen MR) is 313 cm³/mol. The second kappa shape index (κ2) is 14.8. The van der Waals surface area contributed by atoms with Gasteiger partial charge in [-0.15, -0.1) is 0 Å². The first kappa shape index (κ1) is 43.8. The van der Waals surface area contributed by atoms with Crippen LogP contribution in [0.1, 0.15) is 91.6 Å². The molecule has 0 saturated heterocycles. The molecule has 4 nitrogen and oxygen atoms in total. The normalized spacial score (nSPS) is 15.5. The van der Waals surface area contributed by atoms with E-state index in [1.54, 1.807) is 0 Å². The molecule has 0 spiro atoms. The molecule has 3 aliphatic carbocycles. The van der Waals surface area contributed by atoms with Gasteiger partial charge in [-0.25, -0.2) is 0 Å². The standard InChI is InChI=1S/C72H55NO3/c1-39-25-32-57(40(2)33-39)73(44-29-31-48-55(36-44)72(7,8)66-62(48)64-50-20-12-16-24-60(50)76-69(64)65-46-18-9-13-21-53(46)71(5,6)67(65)66)43-28-30-47-54(35-43)70(3,4)56-37-52(68-63(61(47)56)49-19-11-15-23-59(49)75-68)41-26-27-42-38-74-58-22-14-10-17-45(58)51(42)34-41/h9-37H,38H2,1-8H3. The summed E-state index contributed by atoms with van der Waals surface area (Å²) in [6.07, 6.45) is 0. The van der Waals surface area contributed by atoms with E-state index in [2.05, 4.69) is 230 Å². The number of hydrogen-bond donors (Lipinski definition) is 0. The van der Waals surface area contributed by atoms with Crippen molar-refractivity contribution in [3.8, 4) is 61.4 Å². The molecule has 10 aromatic carbocycles. The Morgan fingerprint density at radius 2 is 1.01 bits per heavy atom. The van der Waals surface area contributed by atoms with Gasteiger partial charge >= 0.3 is 0 Å². The monoisotopic (exact) mass is 981 g/mol. The van der Waals surface area contributed by atoms with E-state index in [4.69, 9.17) is 13.6 Å². The van der Waals surface area contributed by atoms with E-state index in [1.165, 1.54) is 105 Å². The number of hydrogen-bond acceptors (Lipinski definition) is 4. The molecule has 0 N–H and O–H groups in total. The Morgan fingerprint density at radius 3 is 1.75 bits per heavy atom. The molecule has 0 fully saturated rings. The maximum Gasteiger partial charge on any atom is 0.144 e. The smallest absolute Gasteiger partial charge is 0.144 e. The molecule has 3 heterocycles. The van der Waals surface area contributed by atoms with Gasteiger partial charge in [-0.05, 0) is 158 Å². The van der Waals surface area contributed by atoms with Crippen LogP contribution in [0.4, 0.5) is 17.1 Å². The number of ether oxygens (including phenoxy) is 1. The summed E-state index contributed by atoms with van der Waals surface area (Å²) in [5.74, 6) is 0.925. The van der Waals surface area contributed by atoms with Crippen molar-refractivity contribution in [3.05, 3.63) is 226 Å². The fraction of sp³-hybridized carbons (Fsp3) is 0.167. The van der Waals surface area contributed by atoms with E-state index in [-0.39, 0.29) is 16.2 Å². The number of aryl methyl sites for hydroxylation is 2. The average molecular weight is 982 g/mol. The molecule has 0 bridgehead atoms. The minimum atomic E-state index is -0.351. The van der Waals surface area contributed by atoms with E-state index < -0.39 is 0 Å². The van der Waals surface area contributed by atoms with Crippen LogP contribution < -0.4 is 9.64 Å². The number of rotatable bonds is 4. The molecule has 366 valence electrons. The summed E-state index contributed by atoms with van der Waals surface area (Å²) >= 11 is 0. The molecule has 16 rings (SSSR count). The zero-order valence-electron chi connectivity index (χ0n) is 44.1. The van der Waals surface area contributed by atoms with Crippen molar-refractivity contribution in [2.24, 2.45) is 0 Å². The zero-order chi connectivity index (χ0) is 51.3. The largest absolute Gasteiger partial charge is 0.488 e. The van der Waals surface area contributed by atoms with Crippen LogP contribution in [-0.2, 0) is 22.9 Å². The van der Waals surface area contributed by atoms with Crippen molar-refractivity contribution in [1.82, 2.24) is 0 Å². The molecule has 1 aliphatic heterocycles. The van der Waals surface area contributed by atoms with Crippen molar-refractivity contribution in [3.63, 3.8) is 0 Å².